The Morgan fingerprint density at radius 1 is 1.06 bits per heavy atom. The molecule has 0 fully saturated rings. The molecule has 4 aromatic rings. The van der Waals surface area contributed by atoms with E-state index in [0.29, 0.717) is 37.0 Å². The molecule has 0 saturated heterocycles. The molecule has 0 spiro atoms. The van der Waals surface area contributed by atoms with E-state index < -0.39 is 0 Å². The summed E-state index contributed by atoms with van der Waals surface area (Å²) >= 11 is 3.57. The number of carbonyl (C=O) groups excluding carboxylic acids is 1. The molecule has 1 N–H and O–H groups in total. The third-order valence-corrected chi connectivity index (χ3v) is 6.61. The molecule has 0 atom stereocenters. The van der Waals surface area contributed by atoms with Gasteiger partial charge in [0, 0.05) is 28.1 Å². The van der Waals surface area contributed by atoms with Gasteiger partial charge < -0.3 is 9.52 Å². The number of hydrogen-bond acceptors (Lipinski definition) is 4. The first-order valence-electron chi connectivity index (χ1n) is 11.2. The molecule has 0 bridgehead atoms. The number of fused-ring (bicyclic) bond motifs is 1. The molecule has 5 heteroatoms. The predicted octanol–water partition coefficient (Wildman–Crippen LogP) is 7.25. The second-order valence-electron chi connectivity index (χ2n) is 8.30. The molecule has 1 heterocycles. The highest BCUT2D eigenvalue weighted by Gasteiger charge is 2.15. The molecular formula is C29H25BrO4. The second-order valence-corrected chi connectivity index (χ2v) is 9.15. The van der Waals surface area contributed by atoms with E-state index >= 15 is 0 Å². The molecule has 0 unspecified atom stereocenters. The standard InChI is InChI=1S/C29H25BrO4/c1-3-24(31)21-10-7-11-23(30)22(21)14-18(2)12-13-19-15-25(32)29-26(33)17-27(34-28(29)16-19)20-8-5-4-6-9-20/h4-11,15-17,32H,2-3,12-14H2,1H3. The normalized spacial score (nSPS) is 11.0. The van der Waals surface area contributed by atoms with E-state index in [1.165, 1.54) is 6.07 Å². The SMILES string of the molecule is C=C(CCc1cc(O)c2c(=O)cc(-c3ccccc3)oc2c1)Cc1c(Br)cccc1C(=O)CC. The zero-order valence-electron chi connectivity index (χ0n) is 18.9. The van der Waals surface area contributed by atoms with Crippen molar-refractivity contribution in [2.75, 3.05) is 0 Å². The summed E-state index contributed by atoms with van der Waals surface area (Å²) in [6.07, 6.45) is 2.30. The highest BCUT2D eigenvalue weighted by Crippen LogP contribution is 2.30. The van der Waals surface area contributed by atoms with E-state index in [-0.39, 0.29) is 22.3 Å². The Kier molecular flexibility index (Phi) is 7.13. The van der Waals surface area contributed by atoms with E-state index in [9.17, 15) is 14.7 Å². The van der Waals surface area contributed by atoms with E-state index in [1.807, 2.05) is 55.5 Å². The molecule has 0 saturated carbocycles. The molecule has 3 aromatic carbocycles. The van der Waals surface area contributed by atoms with Gasteiger partial charge in [-0.15, -0.1) is 0 Å². The third-order valence-electron chi connectivity index (χ3n) is 5.86. The molecule has 0 amide bonds. The fourth-order valence-corrected chi connectivity index (χ4v) is 4.57. The van der Waals surface area contributed by atoms with Gasteiger partial charge in [0.15, 0.2) is 11.2 Å². The van der Waals surface area contributed by atoms with Crippen LogP contribution in [0, 0.1) is 0 Å². The number of aryl methyl sites for hydroxylation is 1. The number of benzene rings is 3. The van der Waals surface area contributed by atoms with Crippen molar-refractivity contribution in [3.63, 3.8) is 0 Å². The van der Waals surface area contributed by atoms with Crippen LogP contribution < -0.4 is 5.43 Å². The zero-order chi connectivity index (χ0) is 24.2. The first-order valence-corrected chi connectivity index (χ1v) is 12.0. The van der Waals surface area contributed by atoms with Crippen LogP contribution in [0.15, 0.2) is 92.6 Å². The maximum atomic E-state index is 12.7. The zero-order valence-corrected chi connectivity index (χ0v) is 20.5. The molecule has 4 nitrogen and oxygen atoms in total. The van der Waals surface area contributed by atoms with E-state index in [1.54, 1.807) is 12.1 Å². The molecule has 1 aromatic heterocycles. The molecule has 0 radical (unpaired) electrons. The van der Waals surface area contributed by atoms with Gasteiger partial charge in [-0.3, -0.25) is 9.59 Å². The number of rotatable bonds is 8. The van der Waals surface area contributed by atoms with Crippen LogP contribution in [0.25, 0.3) is 22.3 Å². The molecule has 0 aliphatic rings. The van der Waals surface area contributed by atoms with Crippen molar-refractivity contribution < 1.29 is 14.3 Å². The van der Waals surface area contributed by atoms with Gasteiger partial charge in [-0.25, -0.2) is 0 Å². The number of hydrogen-bond donors (Lipinski definition) is 1. The fraction of sp³-hybridized carbons (Fsp3) is 0.172. The van der Waals surface area contributed by atoms with Crippen molar-refractivity contribution in [2.24, 2.45) is 0 Å². The smallest absolute Gasteiger partial charge is 0.197 e. The van der Waals surface area contributed by atoms with Gasteiger partial charge in [-0.05, 0) is 48.6 Å². The number of allylic oxidation sites excluding steroid dienone is 1. The number of ketones is 1. The van der Waals surface area contributed by atoms with Crippen LogP contribution in [0.4, 0.5) is 0 Å². The number of aromatic hydroxyl groups is 1. The van der Waals surface area contributed by atoms with Crippen molar-refractivity contribution >= 4 is 32.7 Å². The molecule has 172 valence electrons. The fourth-order valence-electron chi connectivity index (χ4n) is 4.06. The summed E-state index contributed by atoms with van der Waals surface area (Å²) in [5.41, 5.74) is 4.35. The minimum atomic E-state index is -0.282. The monoisotopic (exact) mass is 516 g/mol. The summed E-state index contributed by atoms with van der Waals surface area (Å²) in [5.74, 6) is 0.474. The summed E-state index contributed by atoms with van der Waals surface area (Å²) in [4.78, 5) is 25.0. The maximum absolute atomic E-state index is 12.7. The number of halogens is 1. The van der Waals surface area contributed by atoms with Crippen LogP contribution in [0.2, 0.25) is 0 Å². The van der Waals surface area contributed by atoms with Gasteiger partial charge in [0.05, 0.1) is 0 Å². The van der Waals surface area contributed by atoms with Crippen molar-refractivity contribution in [3.05, 3.63) is 110 Å². The first kappa shape index (κ1) is 23.7. The minimum Gasteiger partial charge on any atom is -0.507 e. The Balaban J connectivity index is 1.57. The van der Waals surface area contributed by atoms with Gasteiger partial charge in [0.2, 0.25) is 0 Å². The second kappa shape index (κ2) is 10.2. The van der Waals surface area contributed by atoms with Crippen LogP contribution >= 0.6 is 15.9 Å². The molecular weight excluding hydrogens is 492 g/mol. The Hall–Kier alpha value is -3.44. The Morgan fingerprint density at radius 3 is 2.56 bits per heavy atom. The van der Waals surface area contributed by atoms with Crippen LogP contribution in [0.1, 0.15) is 41.3 Å². The lowest BCUT2D eigenvalue weighted by molar-refractivity contribution is 0.0987. The summed E-state index contributed by atoms with van der Waals surface area (Å²) in [6, 6.07) is 19.9. The lowest BCUT2D eigenvalue weighted by atomic mass is 9.94. The lowest BCUT2D eigenvalue weighted by Gasteiger charge is -2.13. The van der Waals surface area contributed by atoms with Gasteiger partial charge >= 0.3 is 0 Å². The van der Waals surface area contributed by atoms with Crippen LogP contribution in [-0.4, -0.2) is 10.9 Å². The number of carbonyl (C=O) groups is 1. The van der Waals surface area contributed by atoms with Gasteiger partial charge in [-0.1, -0.05) is 77.5 Å². The summed E-state index contributed by atoms with van der Waals surface area (Å²) in [7, 11) is 0. The maximum Gasteiger partial charge on any atom is 0.197 e. The summed E-state index contributed by atoms with van der Waals surface area (Å²) in [6.45, 7) is 6.07. The van der Waals surface area contributed by atoms with Crippen molar-refractivity contribution in [1.29, 1.82) is 0 Å². The molecule has 0 aliphatic carbocycles. The van der Waals surface area contributed by atoms with Crippen LogP contribution in [0.5, 0.6) is 5.75 Å². The van der Waals surface area contributed by atoms with Crippen molar-refractivity contribution in [3.8, 4) is 17.1 Å². The van der Waals surface area contributed by atoms with Gasteiger partial charge in [0.1, 0.15) is 22.5 Å². The summed E-state index contributed by atoms with van der Waals surface area (Å²) < 4.78 is 6.89. The minimum absolute atomic E-state index is 0.0897. The van der Waals surface area contributed by atoms with Crippen LogP contribution in [-0.2, 0) is 12.8 Å². The number of phenols is 1. The Labute approximate surface area is 206 Å². The van der Waals surface area contributed by atoms with Gasteiger partial charge in [-0.2, -0.15) is 0 Å². The number of phenolic OH excluding ortho intramolecular Hbond substituents is 1. The Morgan fingerprint density at radius 2 is 1.82 bits per heavy atom. The van der Waals surface area contributed by atoms with Gasteiger partial charge in [0.25, 0.3) is 0 Å². The van der Waals surface area contributed by atoms with E-state index in [0.717, 1.165) is 32.3 Å². The first-order chi connectivity index (χ1) is 16.4. The third kappa shape index (κ3) is 5.05. The largest absolute Gasteiger partial charge is 0.507 e. The Bertz CT molecular complexity index is 1430. The van der Waals surface area contributed by atoms with Crippen molar-refractivity contribution in [1.82, 2.24) is 0 Å². The average Bonchev–Trinajstić information content (AvgIpc) is 2.83. The quantitative estimate of drug-likeness (QED) is 0.197. The van der Waals surface area contributed by atoms with Crippen LogP contribution in [0.3, 0.4) is 0 Å². The highest BCUT2D eigenvalue weighted by molar-refractivity contribution is 9.10. The summed E-state index contributed by atoms with van der Waals surface area (Å²) in [5, 5.41) is 10.7. The van der Waals surface area contributed by atoms with E-state index in [4.69, 9.17) is 4.42 Å². The number of Topliss-reactive ketones (excluding diaryl/α,β-unsaturated/α-hetero) is 1. The topological polar surface area (TPSA) is 67.5 Å². The average molecular weight is 517 g/mol. The highest BCUT2D eigenvalue weighted by atomic mass is 79.9. The molecule has 34 heavy (non-hydrogen) atoms. The molecule has 0 aliphatic heterocycles. The molecule has 4 rings (SSSR count). The predicted molar refractivity (Wildman–Crippen MR) is 140 cm³/mol. The van der Waals surface area contributed by atoms with E-state index in [2.05, 4.69) is 22.5 Å². The van der Waals surface area contributed by atoms with Crippen molar-refractivity contribution in [2.45, 2.75) is 32.6 Å². The lowest BCUT2D eigenvalue weighted by Crippen LogP contribution is -2.05.